The number of H-pyrrole nitrogens is 1. The van der Waals surface area contributed by atoms with Gasteiger partial charge in [0.05, 0.1) is 39.1 Å². The van der Waals surface area contributed by atoms with Gasteiger partial charge >= 0.3 is 0 Å². The molecule has 0 spiro atoms. The van der Waals surface area contributed by atoms with Gasteiger partial charge in [-0.15, -0.1) is 0 Å². The maximum absolute atomic E-state index is 13.6. The molecule has 2 aliphatic rings. The SMILES string of the molecule is COc1ccc(-c2cnc(N3Cc4c([nH]c5ccccc5c4=O)C3c3ccc4c(c3)CCO4)nc2)cc1OC. The minimum Gasteiger partial charge on any atom is -0.493 e. The normalized spacial score (nSPS) is 15.6. The zero-order valence-electron chi connectivity index (χ0n) is 21.6. The van der Waals surface area contributed by atoms with E-state index < -0.39 is 0 Å². The Morgan fingerprint density at radius 2 is 1.77 bits per heavy atom. The van der Waals surface area contributed by atoms with Crippen LogP contribution in [0.4, 0.5) is 5.95 Å². The van der Waals surface area contributed by atoms with Crippen molar-refractivity contribution in [1.29, 1.82) is 0 Å². The highest BCUT2D eigenvalue weighted by Gasteiger charge is 2.37. The van der Waals surface area contributed by atoms with Crippen molar-refractivity contribution in [2.24, 2.45) is 0 Å². The van der Waals surface area contributed by atoms with Gasteiger partial charge < -0.3 is 24.1 Å². The lowest BCUT2D eigenvalue weighted by molar-refractivity contribution is 0.355. The van der Waals surface area contributed by atoms with Gasteiger partial charge in [-0.3, -0.25) is 4.79 Å². The number of hydrogen-bond acceptors (Lipinski definition) is 7. The second-order valence-corrected chi connectivity index (χ2v) is 9.73. The Labute approximate surface area is 224 Å². The predicted octanol–water partition coefficient (Wildman–Crippen LogP) is 5.05. The van der Waals surface area contributed by atoms with Gasteiger partial charge in [-0.05, 0) is 53.1 Å². The fourth-order valence-electron chi connectivity index (χ4n) is 5.65. The number of ether oxygens (including phenoxy) is 3. The van der Waals surface area contributed by atoms with Crippen LogP contribution in [-0.4, -0.2) is 35.8 Å². The summed E-state index contributed by atoms with van der Waals surface area (Å²) in [7, 11) is 3.23. The van der Waals surface area contributed by atoms with E-state index in [0.29, 0.717) is 36.0 Å². The van der Waals surface area contributed by atoms with Crippen LogP contribution in [0, 0.1) is 0 Å². The molecule has 0 saturated carbocycles. The number of anilines is 1. The molecule has 8 nitrogen and oxygen atoms in total. The molecule has 0 fully saturated rings. The Morgan fingerprint density at radius 3 is 2.59 bits per heavy atom. The smallest absolute Gasteiger partial charge is 0.226 e. The number of nitrogens with one attached hydrogen (secondary N) is 1. The molecule has 0 radical (unpaired) electrons. The summed E-state index contributed by atoms with van der Waals surface area (Å²) >= 11 is 0. The molecule has 2 aliphatic heterocycles. The number of pyridine rings is 1. The largest absolute Gasteiger partial charge is 0.493 e. The highest BCUT2D eigenvalue weighted by molar-refractivity contribution is 5.80. The average Bonchev–Trinajstić information content (AvgIpc) is 3.61. The molecule has 1 unspecified atom stereocenters. The number of benzene rings is 3. The topological polar surface area (TPSA) is 89.6 Å². The van der Waals surface area contributed by atoms with Crippen LogP contribution in [0.25, 0.3) is 22.0 Å². The molecule has 39 heavy (non-hydrogen) atoms. The summed E-state index contributed by atoms with van der Waals surface area (Å²) in [4.78, 5) is 28.8. The quantitative estimate of drug-likeness (QED) is 0.348. The second kappa shape index (κ2) is 9.16. The first kappa shape index (κ1) is 23.3. The van der Waals surface area contributed by atoms with Crippen molar-refractivity contribution in [2.75, 3.05) is 25.7 Å². The standard InChI is InChI=1S/C31H26N4O4/c1-37-26-10-7-18(14-27(26)38-2)21-15-32-31(33-16-21)35-17-23-28(34-24-6-4-3-5-22(24)30(23)36)29(35)20-8-9-25-19(13-20)11-12-39-25/h3-10,13-16,29H,11-12,17H2,1-2H3,(H,34,36). The first-order valence-corrected chi connectivity index (χ1v) is 12.8. The monoisotopic (exact) mass is 518 g/mol. The van der Waals surface area contributed by atoms with E-state index in [1.165, 1.54) is 5.56 Å². The molecule has 0 bridgehead atoms. The molecule has 0 aliphatic carbocycles. The molecule has 194 valence electrons. The summed E-state index contributed by atoms with van der Waals surface area (Å²) in [5, 5.41) is 0.684. The lowest BCUT2D eigenvalue weighted by Crippen LogP contribution is -2.25. The van der Waals surface area contributed by atoms with Crippen LogP contribution in [-0.2, 0) is 13.0 Å². The van der Waals surface area contributed by atoms with E-state index in [-0.39, 0.29) is 11.5 Å². The summed E-state index contributed by atoms with van der Waals surface area (Å²) in [5.41, 5.74) is 6.49. The van der Waals surface area contributed by atoms with Crippen LogP contribution in [0.1, 0.15) is 28.4 Å². The first-order valence-electron chi connectivity index (χ1n) is 12.8. The fourth-order valence-corrected chi connectivity index (χ4v) is 5.65. The first-order chi connectivity index (χ1) is 19.1. The van der Waals surface area contributed by atoms with E-state index in [9.17, 15) is 4.79 Å². The predicted molar refractivity (Wildman–Crippen MR) is 149 cm³/mol. The van der Waals surface area contributed by atoms with Crippen LogP contribution in [0.3, 0.4) is 0 Å². The molecule has 0 saturated heterocycles. The van der Waals surface area contributed by atoms with E-state index in [4.69, 9.17) is 24.2 Å². The molecule has 2 aromatic heterocycles. The maximum atomic E-state index is 13.6. The lowest BCUT2D eigenvalue weighted by atomic mass is 9.98. The van der Waals surface area contributed by atoms with E-state index in [2.05, 4.69) is 22.0 Å². The number of methoxy groups -OCH3 is 2. The van der Waals surface area contributed by atoms with Gasteiger partial charge in [-0.25, -0.2) is 9.97 Å². The van der Waals surface area contributed by atoms with Crippen molar-refractivity contribution in [3.8, 4) is 28.4 Å². The number of aromatic amines is 1. The maximum Gasteiger partial charge on any atom is 0.226 e. The Hall–Kier alpha value is -4.85. The third kappa shape index (κ3) is 3.79. The summed E-state index contributed by atoms with van der Waals surface area (Å²) in [6.07, 6.45) is 4.48. The molecular weight excluding hydrogens is 492 g/mol. The second-order valence-electron chi connectivity index (χ2n) is 9.73. The molecule has 5 aromatic rings. The molecule has 1 atom stereocenters. The minimum absolute atomic E-state index is 0.0401. The molecule has 7 rings (SSSR count). The number of rotatable bonds is 5. The summed E-state index contributed by atoms with van der Waals surface area (Å²) < 4.78 is 16.6. The third-order valence-electron chi connectivity index (χ3n) is 7.60. The fraction of sp³-hybridized carbons (Fsp3) is 0.194. The molecule has 3 aromatic carbocycles. The van der Waals surface area contributed by atoms with Crippen molar-refractivity contribution in [3.63, 3.8) is 0 Å². The van der Waals surface area contributed by atoms with Gasteiger partial charge in [-0.1, -0.05) is 24.3 Å². The van der Waals surface area contributed by atoms with Gasteiger partial charge in [-0.2, -0.15) is 0 Å². The highest BCUT2D eigenvalue weighted by atomic mass is 16.5. The number of hydrogen-bond donors (Lipinski definition) is 1. The Kier molecular flexibility index (Phi) is 5.47. The van der Waals surface area contributed by atoms with Gasteiger partial charge in [0.2, 0.25) is 5.95 Å². The van der Waals surface area contributed by atoms with Crippen LogP contribution in [0.5, 0.6) is 17.2 Å². The summed E-state index contributed by atoms with van der Waals surface area (Å²) in [6.45, 7) is 1.09. The zero-order chi connectivity index (χ0) is 26.5. The van der Waals surface area contributed by atoms with Gasteiger partial charge in [0, 0.05) is 40.8 Å². The van der Waals surface area contributed by atoms with Crippen LogP contribution < -0.4 is 24.5 Å². The summed E-state index contributed by atoms with van der Waals surface area (Å²) in [5.74, 6) is 2.77. The third-order valence-corrected chi connectivity index (χ3v) is 7.60. The Morgan fingerprint density at radius 1 is 0.949 bits per heavy atom. The van der Waals surface area contributed by atoms with Crippen molar-refractivity contribution in [3.05, 3.63) is 106 Å². The lowest BCUT2D eigenvalue weighted by Gasteiger charge is -2.26. The Balaban J connectivity index is 1.32. The van der Waals surface area contributed by atoms with Crippen LogP contribution in [0.15, 0.2) is 77.9 Å². The van der Waals surface area contributed by atoms with Crippen LogP contribution >= 0.6 is 0 Å². The molecule has 8 heteroatoms. The van der Waals surface area contributed by atoms with E-state index in [0.717, 1.165) is 45.6 Å². The molecule has 1 N–H and O–H groups in total. The van der Waals surface area contributed by atoms with Crippen molar-refractivity contribution < 1.29 is 14.2 Å². The Bertz CT molecular complexity index is 1780. The van der Waals surface area contributed by atoms with Gasteiger partial charge in [0.25, 0.3) is 0 Å². The minimum atomic E-state index is -0.241. The van der Waals surface area contributed by atoms with Crippen molar-refractivity contribution in [1.82, 2.24) is 15.0 Å². The number of aromatic nitrogens is 3. The van der Waals surface area contributed by atoms with E-state index in [1.807, 2.05) is 48.5 Å². The summed E-state index contributed by atoms with van der Waals surface area (Å²) in [6, 6.07) is 19.4. The number of para-hydroxylation sites is 1. The highest BCUT2D eigenvalue weighted by Crippen LogP contribution is 2.41. The number of nitrogens with zero attached hydrogens (tertiary/aromatic N) is 3. The van der Waals surface area contributed by atoms with E-state index in [1.54, 1.807) is 26.6 Å². The van der Waals surface area contributed by atoms with Gasteiger partial charge in [0.15, 0.2) is 16.9 Å². The van der Waals surface area contributed by atoms with Crippen molar-refractivity contribution >= 4 is 16.9 Å². The molecule has 0 amide bonds. The van der Waals surface area contributed by atoms with Crippen LogP contribution in [0.2, 0.25) is 0 Å². The van der Waals surface area contributed by atoms with Crippen molar-refractivity contribution in [2.45, 2.75) is 19.0 Å². The average molecular weight is 519 g/mol. The molecular formula is C31H26N4O4. The zero-order valence-corrected chi connectivity index (χ0v) is 21.6. The number of fused-ring (bicyclic) bond motifs is 3. The van der Waals surface area contributed by atoms with E-state index >= 15 is 0 Å². The van der Waals surface area contributed by atoms with Gasteiger partial charge in [0.1, 0.15) is 5.75 Å². The molecule has 4 heterocycles.